The third kappa shape index (κ3) is 4.84. The first-order valence-electron chi connectivity index (χ1n) is 10.3. The van der Waals surface area contributed by atoms with Crippen molar-refractivity contribution in [2.24, 2.45) is 0 Å². The molecule has 0 aromatic heterocycles. The van der Waals surface area contributed by atoms with Gasteiger partial charge < -0.3 is 9.64 Å². The molecular weight excluding hydrogens is 400 g/mol. The molecule has 0 spiro atoms. The smallest absolute Gasteiger partial charge is 0.263 e. The molecule has 3 rings (SSSR count). The van der Waals surface area contributed by atoms with E-state index in [0.29, 0.717) is 13.1 Å². The number of piperazine rings is 1. The molecule has 0 radical (unpaired) electrons. The Kier molecular flexibility index (Phi) is 6.83. The van der Waals surface area contributed by atoms with Crippen molar-refractivity contribution in [3.8, 4) is 5.75 Å². The van der Waals surface area contributed by atoms with Crippen LogP contribution in [-0.2, 0) is 14.8 Å². The molecule has 1 atom stereocenters. The van der Waals surface area contributed by atoms with Crippen molar-refractivity contribution in [1.29, 1.82) is 0 Å². The van der Waals surface area contributed by atoms with Crippen LogP contribution in [0.3, 0.4) is 0 Å². The zero-order valence-corrected chi connectivity index (χ0v) is 18.9. The van der Waals surface area contributed by atoms with Crippen LogP contribution in [0.4, 0.5) is 0 Å². The summed E-state index contributed by atoms with van der Waals surface area (Å²) in [6.07, 6.45) is -0.637. The molecule has 0 bridgehead atoms. The Hall–Kier alpha value is -2.38. The minimum Gasteiger partial charge on any atom is -0.481 e. The molecule has 1 aliphatic rings. The fraction of sp³-hybridized carbons (Fsp3) is 0.435. The van der Waals surface area contributed by atoms with Gasteiger partial charge in [0, 0.05) is 26.2 Å². The Morgan fingerprint density at radius 1 is 0.967 bits per heavy atom. The summed E-state index contributed by atoms with van der Waals surface area (Å²) >= 11 is 0. The van der Waals surface area contributed by atoms with Gasteiger partial charge in [-0.2, -0.15) is 4.31 Å². The number of rotatable bonds is 6. The van der Waals surface area contributed by atoms with Crippen LogP contribution in [0.5, 0.6) is 5.75 Å². The van der Waals surface area contributed by atoms with Crippen LogP contribution < -0.4 is 4.74 Å². The Labute approximate surface area is 179 Å². The Balaban J connectivity index is 1.64. The first-order chi connectivity index (χ1) is 14.2. The molecule has 30 heavy (non-hydrogen) atoms. The number of aryl methyl sites for hydroxylation is 1. The van der Waals surface area contributed by atoms with E-state index < -0.39 is 16.1 Å². The number of carbonyl (C=O) groups excluding carboxylic acids is 1. The minimum atomic E-state index is -3.54. The van der Waals surface area contributed by atoms with E-state index in [4.69, 9.17) is 4.74 Å². The fourth-order valence-electron chi connectivity index (χ4n) is 3.61. The number of carbonyl (C=O) groups is 1. The molecule has 6 nitrogen and oxygen atoms in total. The van der Waals surface area contributed by atoms with Gasteiger partial charge in [0.25, 0.3) is 5.91 Å². The molecule has 0 saturated carbocycles. The highest BCUT2D eigenvalue weighted by atomic mass is 32.2. The summed E-state index contributed by atoms with van der Waals surface area (Å²) < 4.78 is 33.0. The standard InChI is InChI=1S/C23H30N2O4S/c1-17(2)21-11-10-18(3)16-22(21)29-19(4)23(26)24-12-14-25(15-13-24)30(27,28)20-8-6-5-7-9-20/h5-11,16-17,19H,12-15H2,1-4H3/t19-/m1/s1. The molecule has 162 valence electrons. The van der Waals surface area contributed by atoms with Crippen molar-refractivity contribution >= 4 is 15.9 Å². The van der Waals surface area contributed by atoms with Gasteiger partial charge >= 0.3 is 0 Å². The highest BCUT2D eigenvalue weighted by molar-refractivity contribution is 7.89. The normalized spacial score (nSPS) is 16.5. The average molecular weight is 431 g/mol. The quantitative estimate of drug-likeness (QED) is 0.704. The van der Waals surface area contributed by atoms with E-state index in [9.17, 15) is 13.2 Å². The SMILES string of the molecule is Cc1ccc(C(C)C)c(O[C@H](C)C(=O)N2CCN(S(=O)(=O)c3ccccc3)CC2)c1. The van der Waals surface area contributed by atoms with E-state index >= 15 is 0 Å². The van der Waals surface area contributed by atoms with Gasteiger partial charge in [-0.05, 0) is 49.1 Å². The molecule has 0 unspecified atom stereocenters. The van der Waals surface area contributed by atoms with Crippen molar-refractivity contribution in [2.75, 3.05) is 26.2 Å². The van der Waals surface area contributed by atoms with Gasteiger partial charge in [-0.3, -0.25) is 4.79 Å². The molecule has 7 heteroatoms. The van der Waals surface area contributed by atoms with Gasteiger partial charge in [0.05, 0.1) is 4.90 Å². The second kappa shape index (κ2) is 9.18. The molecule has 0 aliphatic carbocycles. The summed E-state index contributed by atoms with van der Waals surface area (Å²) in [6.45, 7) is 9.19. The highest BCUT2D eigenvalue weighted by Crippen LogP contribution is 2.28. The van der Waals surface area contributed by atoms with Crippen LogP contribution in [-0.4, -0.2) is 55.8 Å². The number of benzene rings is 2. The number of sulfonamides is 1. The second-order valence-corrected chi connectivity index (χ2v) is 9.94. The summed E-state index contributed by atoms with van der Waals surface area (Å²) in [6, 6.07) is 14.4. The lowest BCUT2D eigenvalue weighted by Gasteiger charge is -2.35. The monoisotopic (exact) mass is 430 g/mol. The maximum Gasteiger partial charge on any atom is 0.263 e. The molecule has 1 amide bonds. The van der Waals surface area contributed by atoms with Crippen molar-refractivity contribution in [2.45, 2.75) is 44.6 Å². The van der Waals surface area contributed by atoms with Crippen LogP contribution >= 0.6 is 0 Å². The van der Waals surface area contributed by atoms with E-state index in [1.165, 1.54) is 4.31 Å². The van der Waals surface area contributed by atoms with Crippen molar-refractivity contribution < 1.29 is 17.9 Å². The third-order valence-electron chi connectivity index (χ3n) is 5.37. The van der Waals surface area contributed by atoms with Crippen LogP contribution in [0.2, 0.25) is 0 Å². The number of nitrogens with zero attached hydrogens (tertiary/aromatic N) is 2. The first kappa shape index (κ1) is 22.3. The summed E-state index contributed by atoms with van der Waals surface area (Å²) in [5, 5.41) is 0. The van der Waals surface area contributed by atoms with Crippen LogP contribution in [0.25, 0.3) is 0 Å². The molecule has 1 fully saturated rings. The summed E-state index contributed by atoms with van der Waals surface area (Å²) in [5.74, 6) is 0.897. The zero-order chi connectivity index (χ0) is 21.9. The number of hydrogen-bond acceptors (Lipinski definition) is 4. The maximum absolute atomic E-state index is 12.9. The van der Waals surface area contributed by atoms with Crippen LogP contribution in [0.15, 0.2) is 53.4 Å². The predicted octanol–water partition coefficient (Wildman–Crippen LogP) is 3.42. The lowest BCUT2D eigenvalue weighted by molar-refractivity contribution is -0.139. The maximum atomic E-state index is 12.9. The fourth-order valence-corrected chi connectivity index (χ4v) is 5.05. The van der Waals surface area contributed by atoms with E-state index in [2.05, 4.69) is 13.8 Å². The number of hydrogen-bond donors (Lipinski definition) is 0. The van der Waals surface area contributed by atoms with Crippen molar-refractivity contribution in [3.05, 3.63) is 59.7 Å². The Morgan fingerprint density at radius 2 is 1.60 bits per heavy atom. The van der Waals surface area contributed by atoms with Gasteiger partial charge in [0.2, 0.25) is 10.0 Å². The Bertz CT molecular complexity index is 982. The molecule has 2 aromatic carbocycles. The predicted molar refractivity (Wildman–Crippen MR) is 117 cm³/mol. The minimum absolute atomic E-state index is 0.122. The molecule has 1 aliphatic heterocycles. The van der Waals surface area contributed by atoms with E-state index in [1.54, 1.807) is 42.2 Å². The summed E-state index contributed by atoms with van der Waals surface area (Å²) in [7, 11) is -3.54. The molecule has 1 heterocycles. The molecule has 0 N–H and O–H groups in total. The third-order valence-corrected chi connectivity index (χ3v) is 7.29. The number of amides is 1. The zero-order valence-electron chi connectivity index (χ0n) is 18.0. The lowest BCUT2D eigenvalue weighted by atomic mass is 10.0. The topological polar surface area (TPSA) is 66.9 Å². The highest BCUT2D eigenvalue weighted by Gasteiger charge is 2.32. The molecular formula is C23H30N2O4S. The Morgan fingerprint density at radius 3 is 2.20 bits per heavy atom. The van der Waals surface area contributed by atoms with Gasteiger partial charge in [-0.15, -0.1) is 0 Å². The largest absolute Gasteiger partial charge is 0.481 e. The second-order valence-electron chi connectivity index (χ2n) is 8.00. The molecule has 1 saturated heterocycles. The van der Waals surface area contributed by atoms with Gasteiger partial charge in [-0.1, -0.05) is 44.2 Å². The average Bonchev–Trinajstić information content (AvgIpc) is 2.73. The van der Waals surface area contributed by atoms with E-state index in [1.807, 2.05) is 25.1 Å². The molecule has 2 aromatic rings. The van der Waals surface area contributed by atoms with E-state index in [0.717, 1.165) is 16.9 Å². The lowest BCUT2D eigenvalue weighted by Crippen LogP contribution is -2.53. The van der Waals surface area contributed by atoms with Gasteiger partial charge in [-0.25, -0.2) is 8.42 Å². The van der Waals surface area contributed by atoms with Gasteiger partial charge in [0.1, 0.15) is 5.75 Å². The first-order valence-corrected chi connectivity index (χ1v) is 11.8. The van der Waals surface area contributed by atoms with Crippen LogP contribution in [0, 0.1) is 6.92 Å². The number of ether oxygens (including phenoxy) is 1. The summed E-state index contributed by atoms with van der Waals surface area (Å²) in [4.78, 5) is 14.9. The summed E-state index contributed by atoms with van der Waals surface area (Å²) in [5.41, 5.74) is 2.15. The van der Waals surface area contributed by atoms with E-state index in [-0.39, 0.29) is 29.8 Å². The van der Waals surface area contributed by atoms with Gasteiger partial charge in [0.15, 0.2) is 6.10 Å². The van der Waals surface area contributed by atoms with Crippen molar-refractivity contribution in [1.82, 2.24) is 9.21 Å². The van der Waals surface area contributed by atoms with Crippen molar-refractivity contribution in [3.63, 3.8) is 0 Å². The van der Waals surface area contributed by atoms with Crippen LogP contribution in [0.1, 0.15) is 37.8 Å².